The molecule has 1 aromatic carbocycles. The molecule has 0 saturated carbocycles. The zero-order valence-corrected chi connectivity index (χ0v) is 18.5. The summed E-state index contributed by atoms with van der Waals surface area (Å²) in [6.45, 7) is 7.83. The number of amides is 1. The maximum absolute atomic E-state index is 12.3. The molecule has 1 amide bonds. The van der Waals surface area contributed by atoms with E-state index in [1.54, 1.807) is 49.9 Å². The van der Waals surface area contributed by atoms with Crippen LogP contribution in [0.4, 0.5) is 22.2 Å². The average Bonchev–Trinajstić information content (AvgIpc) is 2.69. The Labute approximate surface area is 182 Å². The Morgan fingerprint density at radius 1 is 1.23 bits per heavy atom. The quantitative estimate of drug-likeness (QED) is 0.643. The van der Waals surface area contributed by atoms with E-state index < -0.39 is 11.7 Å². The Morgan fingerprint density at radius 2 is 1.90 bits per heavy atom. The van der Waals surface area contributed by atoms with Gasteiger partial charge < -0.3 is 19.7 Å². The van der Waals surface area contributed by atoms with Gasteiger partial charge in [-0.05, 0) is 52.0 Å². The molecule has 0 bridgehead atoms. The van der Waals surface area contributed by atoms with Gasteiger partial charge >= 0.3 is 6.09 Å². The molecule has 0 unspecified atom stereocenters. The first-order valence-corrected chi connectivity index (χ1v) is 9.87. The number of aromatic nitrogens is 2. The predicted molar refractivity (Wildman–Crippen MR) is 118 cm³/mol. The van der Waals surface area contributed by atoms with Crippen LogP contribution in [0.1, 0.15) is 32.0 Å². The highest BCUT2D eigenvalue weighted by Gasteiger charge is 2.22. The van der Waals surface area contributed by atoms with Crippen LogP contribution in [-0.4, -0.2) is 59.5 Å². The number of aryl methyl sites for hydroxylation is 1. The monoisotopic (exact) mass is 424 g/mol. The van der Waals surface area contributed by atoms with Crippen LogP contribution in [0.3, 0.4) is 0 Å². The van der Waals surface area contributed by atoms with Gasteiger partial charge in [0.15, 0.2) is 0 Å². The molecule has 0 aliphatic rings. The summed E-state index contributed by atoms with van der Waals surface area (Å²) in [7, 11) is 1.81. The minimum atomic E-state index is -0.643. The highest BCUT2D eigenvalue weighted by atomic mass is 16.6. The number of rotatable bonds is 8. The largest absolute Gasteiger partial charge is 0.444 e. The van der Waals surface area contributed by atoms with E-state index in [0.717, 1.165) is 11.4 Å². The fourth-order valence-electron chi connectivity index (χ4n) is 2.61. The third-order valence-corrected chi connectivity index (χ3v) is 4.12. The lowest BCUT2D eigenvalue weighted by Gasteiger charge is -2.27. The lowest BCUT2D eigenvalue weighted by molar-refractivity contribution is -0.108. The SMILES string of the molecule is Cc1cc(Nc2ccc(C#N)cc2)nc(N(C)CCN(CC=O)C(=O)OC(C)(C)C)n1. The van der Waals surface area contributed by atoms with E-state index in [1.807, 2.05) is 20.0 Å². The molecule has 0 spiro atoms. The van der Waals surface area contributed by atoms with Gasteiger partial charge in [-0.15, -0.1) is 0 Å². The Kier molecular flexibility index (Phi) is 7.91. The van der Waals surface area contributed by atoms with Gasteiger partial charge in [-0.1, -0.05) is 0 Å². The lowest BCUT2D eigenvalue weighted by Crippen LogP contribution is -2.42. The molecule has 1 aromatic heterocycles. The zero-order chi connectivity index (χ0) is 23.0. The smallest absolute Gasteiger partial charge is 0.410 e. The van der Waals surface area contributed by atoms with Crippen LogP contribution < -0.4 is 10.2 Å². The third kappa shape index (κ3) is 7.59. The molecule has 0 fully saturated rings. The summed E-state index contributed by atoms with van der Waals surface area (Å²) in [5.41, 5.74) is 1.50. The maximum atomic E-state index is 12.3. The summed E-state index contributed by atoms with van der Waals surface area (Å²) in [5, 5.41) is 12.1. The summed E-state index contributed by atoms with van der Waals surface area (Å²) in [6.07, 6.45) is 0.133. The zero-order valence-electron chi connectivity index (χ0n) is 18.5. The average molecular weight is 425 g/mol. The van der Waals surface area contributed by atoms with E-state index in [0.29, 0.717) is 30.2 Å². The summed E-state index contributed by atoms with van der Waals surface area (Å²) in [5.74, 6) is 1.09. The highest BCUT2D eigenvalue weighted by Crippen LogP contribution is 2.19. The van der Waals surface area contributed by atoms with Crippen molar-refractivity contribution in [2.45, 2.75) is 33.3 Å². The molecule has 1 heterocycles. The van der Waals surface area contributed by atoms with Crippen LogP contribution >= 0.6 is 0 Å². The van der Waals surface area contributed by atoms with E-state index in [2.05, 4.69) is 21.4 Å². The second-order valence-corrected chi connectivity index (χ2v) is 8.02. The Balaban J connectivity index is 2.08. The first kappa shape index (κ1) is 23.6. The molecule has 0 aliphatic carbocycles. The molecule has 0 saturated heterocycles. The lowest BCUT2D eigenvalue weighted by atomic mass is 10.2. The van der Waals surface area contributed by atoms with Crippen molar-refractivity contribution in [1.82, 2.24) is 14.9 Å². The number of ether oxygens (including phenoxy) is 1. The first-order chi connectivity index (χ1) is 14.6. The molecule has 0 radical (unpaired) electrons. The number of benzene rings is 1. The van der Waals surface area contributed by atoms with Gasteiger partial charge in [-0.25, -0.2) is 9.78 Å². The molecule has 31 heavy (non-hydrogen) atoms. The van der Waals surface area contributed by atoms with Crippen LogP contribution in [-0.2, 0) is 9.53 Å². The van der Waals surface area contributed by atoms with Gasteiger partial charge in [0, 0.05) is 37.6 Å². The van der Waals surface area contributed by atoms with E-state index in [4.69, 9.17) is 10.00 Å². The third-order valence-electron chi connectivity index (χ3n) is 4.12. The number of carbonyl (C=O) groups excluding carboxylic acids is 2. The predicted octanol–water partition coefficient (Wildman–Crippen LogP) is 3.27. The summed E-state index contributed by atoms with van der Waals surface area (Å²) < 4.78 is 5.36. The minimum Gasteiger partial charge on any atom is -0.444 e. The van der Waals surface area contributed by atoms with E-state index >= 15 is 0 Å². The molecule has 164 valence electrons. The van der Waals surface area contributed by atoms with Crippen molar-refractivity contribution < 1.29 is 14.3 Å². The topological polar surface area (TPSA) is 111 Å². The van der Waals surface area contributed by atoms with Crippen molar-refractivity contribution in [2.75, 3.05) is 36.9 Å². The Morgan fingerprint density at radius 3 is 2.48 bits per heavy atom. The van der Waals surface area contributed by atoms with Crippen molar-refractivity contribution in [3.05, 3.63) is 41.6 Å². The molecule has 2 rings (SSSR count). The number of nitriles is 1. The van der Waals surface area contributed by atoms with Gasteiger partial charge in [-0.3, -0.25) is 4.90 Å². The van der Waals surface area contributed by atoms with Crippen molar-refractivity contribution in [2.24, 2.45) is 0 Å². The summed E-state index contributed by atoms with van der Waals surface area (Å²) >= 11 is 0. The Bertz CT molecular complexity index is 947. The van der Waals surface area contributed by atoms with Crippen molar-refractivity contribution in [3.63, 3.8) is 0 Å². The first-order valence-electron chi connectivity index (χ1n) is 9.87. The van der Waals surface area contributed by atoms with Crippen LogP contribution in [0, 0.1) is 18.3 Å². The van der Waals surface area contributed by atoms with Gasteiger partial charge in [0.05, 0.1) is 18.2 Å². The van der Waals surface area contributed by atoms with Crippen LogP contribution in [0.5, 0.6) is 0 Å². The highest BCUT2D eigenvalue weighted by molar-refractivity contribution is 5.71. The van der Waals surface area contributed by atoms with Gasteiger partial charge in [-0.2, -0.15) is 10.2 Å². The van der Waals surface area contributed by atoms with E-state index in [1.165, 1.54) is 4.90 Å². The van der Waals surface area contributed by atoms with Gasteiger partial charge in [0.1, 0.15) is 17.7 Å². The van der Waals surface area contributed by atoms with Crippen molar-refractivity contribution in [3.8, 4) is 6.07 Å². The number of nitrogens with one attached hydrogen (secondary N) is 1. The van der Waals surface area contributed by atoms with Gasteiger partial charge in [0.25, 0.3) is 0 Å². The fraction of sp³-hybridized carbons (Fsp3) is 0.409. The van der Waals surface area contributed by atoms with Crippen molar-refractivity contribution in [1.29, 1.82) is 5.26 Å². The van der Waals surface area contributed by atoms with Gasteiger partial charge in [0.2, 0.25) is 5.95 Å². The second-order valence-electron chi connectivity index (χ2n) is 8.02. The summed E-state index contributed by atoms with van der Waals surface area (Å²) in [6, 6.07) is 11.0. The van der Waals surface area contributed by atoms with E-state index in [9.17, 15) is 9.59 Å². The molecular formula is C22H28N6O3. The number of nitrogens with zero attached hydrogens (tertiary/aromatic N) is 5. The fourth-order valence-corrected chi connectivity index (χ4v) is 2.61. The Hall–Kier alpha value is -3.67. The maximum Gasteiger partial charge on any atom is 0.410 e. The number of anilines is 3. The standard InChI is InChI=1S/C22H28N6O3/c1-16-14-19(25-18-8-6-17(15-23)7-9-18)26-20(24-16)27(5)10-11-28(12-13-29)21(30)31-22(2,3)4/h6-9,13-14H,10-12H2,1-5H3,(H,24,25,26). The van der Waals surface area contributed by atoms with E-state index in [-0.39, 0.29) is 13.1 Å². The van der Waals surface area contributed by atoms with Crippen LogP contribution in [0.2, 0.25) is 0 Å². The molecule has 9 heteroatoms. The molecule has 0 aliphatic heterocycles. The number of hydrogen-bond donors (Lipinski definition) is 1. The number of carbonyl (C=O) groups is 2. The second kappa shape index (κ2) is 10.4. The molecule has 0 atom stereocenters. The molecule has 2 aromatic rings. The number of aldehydes is 1. The molecule has 9 nitrogen and oxygen atoms in total. The number of likely N-dealkylation sites (N-methyl/N-ethyl adjacent to an activating group) is 1. The van der Waals surface area contributed by atoms with Crippen LogP contribution in [0.25, 0.3) is 0 Å². The molecule has 1 N–H and O–H groups in total. The minimum absolute atomic E-state index is 0.0527. The number of hydrogen-bond acceptors (Lipinski definition) is 8. The van der Waals surface area contributed by atoms with Crippen molar-refractivity contribution >= 4 is 29.8 Å². The normalized spacial score (nSPS) is 10.7. The molecular weight excluding hydrogens is 396 g/mol. The van der Waals surface area contributed by atoms with Crippen LogP contribution in [0.15, 0.2) is 30.3 Å². The summed E-state index contributed by atoms with van der Waals surface area (Å²) in [4.78, 5) is 35.5.